The van der Waals surface area contributed by atoms with E-state index in [0.717, 1.165) is 25.7 Å². The van der Waals surface area contributed by atoms with E-state index in [9.17, 15) is 9.90 Å². The van der Waals surface area contributed by atoms with Crippen molar-refractivity contribution in [2.45, 2.75) is 82.8 Å². The third-order valence-corrected chi connectivity index (χ3v) is 7.71. The van der Waals surface area contributed by atoms with Gasteiger partial charge in [0.15, 0.2) is 0 Å². The van der Waals surface area contributed by atoms with Crippen LogP contribution in [0.25, 0.3) is 32.3 Å². The second-order valence-electron chi connectivity index (χ2n) is 10.7. The first-order chi connectivity index (χ1) is 19.1. The van der Waals surface area contributed by atoms with Crippen LogP contribution < -0.4 is 5.73 Å². The topological polar surface area (TPSA) is 92.8 Å². The van der Waals surface area contributed by atoms with Gasteiger partial charge in [-0.3, -0.25) is 4.79 Å². The van der Waals surface area contributed by atoms with Crippen LogP contribution in [0.1, 0.15) is 69.8 Å². The van der Waals surface area contributed by atoms with Gasteiger partial charge in [-0.15, -0.1) is 0 Å². The molecule has 39 heavy (non-hydrogen) atoms. The van der Waals surface area contributed by atoms with E-state index in [-0.39, 0.29) is 12.6 Å². The average Bonchev–Trinajstić information content (AvgIpc) is 2.96. The van der Waals surface area contributed by atoms with E-state index in [1.165, 1.54) is 63.6 Å². The largest absolute Gasteiger partial charge is 0.466 e. The van der Waals surface area contributed by atoms with E-state index in [1.54, 1.807) is 12.2 Å². The fourth-order valence-corrected chi connectivity index (χ4v) is 5.43. The highest BCUT2D eigenvalue weighted by atomic mass is 16.5. The Morgan fingerprint density at radius 2 is 1.46 bits per heavy atom. The van der Waals surface area contributed by atoms with E-state index in [2.05, 4.69) is 54.6 Å². The first-order valence-electron chi connectivity index (χ1n) is 14.6. The minimum absolute atomic E-state index is 0.130. The molecule has 0 saturated carbocycles. The minimum Gasteiger partial charge on any atom is -0.466 e. The second-order valence-corrected chi connectivity index (χ2v) is 10.7. The third-order valence-electron chi connectivity index (χ3n) is 7.71. The monoisotopic (exact) mass is 529 g/mol. The van der Waals surface area contributed by atoms with Crippen LogP contribution in [0.2, 0.25) is 0 Å². The van der Waals surface area contributed by atoms with Crippen LogP contribution in [0.4, 0.5) is 0 Å². The molecule has 4 rings (SSSR count). The lowest BCUT2D eigenvalue weighted by Gasteiger charge is -2.14. The molecule has 0 aromatic heterocycles. The van der Waals surface area contributed by atoms with Gasteiger partial charge in [-0.25, -0.2) is 0 Å². The highest BCUT2D eigenvalue weighted by molar-refractivity contribution is 6.23. The van der Waals surface area contributed by atoms with Crippen molar-refractivity contribution in [1.82, 2.24) is 0 Å². The summed E-state index contributed by atoms with van der Waals surface area (Å²) in [5.74, 6) is -0.130. The zero-order chi connectivity index (χ0) is 27.5. The van der Waals surface area contributed by atoms with Gasteiger partial charge in [-0.05, 0) is 70.0 Å². The molecule has 5 nitrogen and oxygen atoms in total. The van der Waals surface area contributed by atoms with Crippen molar-refractivity contribution in [1.29, 1.82) is 0 Å². The number of carbonyl (C=O) groups is 1. The minimum atomic E-state index is -0.850. The van der Waals surface area contributed by atoms with Gasteiger partial charge in [0.2, 0.25) is 0 Å². The fraction of sp³-hybridized carbons (Fsp3) is 0.441. The summed E-state index contributed by atoms with van der Waals surface area (Å²) in [7, 11) is 0. The highest BCUT2D eigenvalue weighted by Crippen LogP contribution is 2.36. The van der Waals surface area contributed by atoms with Crippen LogP contribution in [0.5, 0.6) is 0 Å². The van der Waals surface area contributed by atoms with E-state index < -0.39 is 12.1 Å². The molecule has 0 unspecified atom stereocenters. The summed E-state index contributed by atoms with van der Waals surface area (Å²) < 4.78 is 5.29. The van der Waals surface area contributed by atoms with E-state index in [4.69, 9.17) is 15.6 Å². The maximum Gasteiger partial charge on any atom is 0.305 e. The van der Waals surface area contributed by atoms with Crippen LogP contribution in [-0.4, -0.2) is 41.5 Å². The maximum atomic E-state index is 11.9. The van der Waals surface area contributed by atoms with Gasteiger partial charge in [-0.1, -0.05) is 98.9 Å². The number of nitrogens with two attached hydrogens (primary N) is 1. The predicted octanol–water partition coefficient (Wildman–Crippen LogP) is 6.81. The molecule has 4 aromatic carbocycles. The number of carbonyl (C=O) groups excluding carboxylic acids is 1. The smallest absolute Gasteiger partial charge is 0.305 e. The molecule has 208 valence electrons. The van der Waals surface area contributed by atoms with Gasteiger partial charge >= 0.3 is 5.97 Å². The summed E-state index contributed by atoms with van der Waals surface area (Å²) in [5.41, 5.74) is 6.99. The maximum absolute atomic E-state index is 11.9. The molecule has 0 aliphatic carbocycles. The van der Waals surface area contributed by atoms with Crippen LogP contribution in [0.15, 0.2) is 66.7 Å². The van der Waals surface area contributed by atoms with Gasteiger partial charge in [-0.2, -0.15) is 0 Å². The number of esters is 1. The van der Waals surface area contributed by atoms with Crippen molar-refractivity contribution in [2.24, 2.45) is 5.73 Å². The van der Waals surface area contributed by atoms with Gasteiger partial charge < -0.3 is 20.7 Å². The Balaban J connectivity index is 1.06. The third kappa shape index (κ3) is 8.01. The fourth-order valence-electron chi connectivity index (χ4n) is 5.43. The molecule has 2 atom stereocenters. The van der Waals surface area contributed by atoms with E-state index in [1.807, 2.05) is 0 Å². The molecule has 0 bridgehead atoms. The first kappa shape index (κ1) is 29.0. The Morgan fingerprint density at radius 3 is 2.21 bits per heavy atom. The molecule has 5 heteroatoms. The van der Waals surface area contributed by atoms with Crippen molar-refractivity contribution >= 4 is 38.3 Å². The molecule has 0 amide bonds. The Labute approximate surface area is 232 Å². The number of aliphatic hydroxyl groups is 2. The van der Waals surface area contributed by atoms with E-state index >= 15 is 0 Å². The SMILES string of the molecule is N[C@@H](CO)[C@H](O)/C=C/CCCOC(=O)CCCCCCCCCc1ccc2ccc3cccc4ccc1c2c34. The number of allylic oxidation sites excluding steroid dienone is 1. The Bertz CT molecular complexity index is 1330. The van der Waals surface area contributed by atoms with Crippen LogP contribution >= 0.6 is 0 Å². The molecule has 0 heterocycles. The molecule has 0 saturated heterocycles. The predicted molar refractivity (Wildman–Crippen MR) is 161 cm³/mol. The summed E-state index contributed by atoms with van der Waals surface area (Å²) >= 11 is 0. The zero-order valence-corrected chi connectivity index (χ0v) is 23.0. The number of ether oxygens (including phenoxy) is 1. The van der Waals surface area contributed by atoms with Crippen molar-refractivity contribution in [2.75, 3.05) is 13.2 Å². The number of rotatable bonds is 17. The molecular formula is C34H43NO4. The summed E-state index contributed by atoms with van der Waals surface area (Å²) in [4.78, 5) is 11.9. The average molecular weight is 530 g/mol. The number of aryl methyl sites for hydroxylation is 1. The normalized spacial score (nSPS) is 13.6. The number of hydrogen-bond acceptors (Lipinski definition) is 5. The molecule has 4 aromatic rings. The molecular weight excluding hydrogens is 486 g/mol. The van der Waals surface area contributed by atoms with Crippen molar-refractivity contribution in [3.05, 3.63) is 72.3 Å². The van der Waals surface area contributed by atoms with Crippen LogP contribution in [0.3, 0.4) is 0 Å². The van der Waals surface area contributed by atoms with Crippen molar-refractivity contribution in [3.63, 3.8) is 0 Å². The number of aliphatic hydroxyl groups excluding tert-OH is 2. The van der Waals surface area contributed by atoms with Gasteiger partial charge in [0.05, 0.1) is 25.4 Å². The summed E-state index contributed by atoms with van der Waals surface area (Å²) in [6, 6.07) is 19.6. The van der Waals surface area contributed by atoms with Gasteiger partial charge in [0, 0.05) is 6.42 Å². The van der Waals surface area contributed by atoms with Gasteiger partial charge in [0.1, 0.15) is 0 Å². The summed E-state index contributed by atoms with van der Waals surface area (Å²) in [5, 5.41) is 26.7. The van der Waals surface area contributed by atoms with E-state index in [0.29, 0.717) is 25.9 Å². The quantitative estimate of drug-likeness (QED) is 0.0605. The summed E-state index contributed by atoms with van der Waals surface area (Å²) in [6.07, 6.45) is 13.5. The summed E-state index contributed by atoms with van der Waals surface area (Å²) in [6.45, 7) is 0.129. The Kier molecular flexibility index (Phi) is 11.1. The molecule has 0 spiro atoms. The number of hydrogen-bond donors (Lipinski definition) is 3. The molecule has 0 aliphatic rings. The standard InChI is InChI=1S/C34H43NO4/c35-30(24-36)31(37)15-8-6-10-23-39-32(38)16-9-5-3-1-2-4-7-12-25-17-18-28-20-19-26-13-11-14-27-21-22-29(25)34(28)33(26)27/h8,11,13-15,17-22,30-31,36-37H,1-7,9-10,12,16,23-24,35H2/b15-8+/t30-,31+/m0/s1. The molecule has 0 radical (unpaired) electrons. The molecule has 0 fully saturated rings. The van der Waals surface area contributed by atoms with Crippen molar-refractivity contribution < 1.29 is 19.7 Å². The van der Waals surface area contributed by atoms with Crippen LogP contribution in [-0.2, 0) is 16.0 Å². The molecule has 0 aliphatic heterocycles. The lowest BCUT2D eigenvalue weighted by atomic mass is 9.90. The number of benzene rings is 4. The first-order valence-corrected chi connectivity index (χ1v) is 14.6. The lowest BCUT2D eigenvalue weighted by Crippen LogP contribution is -2.36. The number of unbranched alkanes of at least 4 members (excludes halogenated alkanes) is 7. The molecule has 4 N–H and O–H groups in total. The second kappa shape index (κ2) is 15.0. The lowest BCUT2D eigenvalue weighted by molar-refractivity contribution is -0.143. The highest BCUT2D eigenvalue weighted by Gasteiger charge is 2.11. The zero-order valence-electron chi connectivity index (χ0n) is 23.0. The Morgan fingerprint density at radius 1 is 0.821 bits per heavy atom. The van der Waals surface area contributed by atoms with Crippen LogP contribution in [0, 0.1) is 0 Å². The van der Waals surface area contributed by atoms with Gasteiger partial charge in [0.25, 0.3) is 0 Å². The Hall–Kier alpha value is -2.99. The van der Waals surface area contributed by atoms with Crippen molar-refractivity contribution in [3.8, 4) is 0 Å².